The lowest BCUT2D eigenvalue weighted by atomic mass is 9.99. The van der Waals surface area contributed by atoms with Crippen molar-refractivity contribution in [3.8, 4) is 17.2 Å². The van der Waals surface area contributed by atoms with Crippen molar-refractivity contribution >= 4 is 11.8 Å². The molecule has 0 amide bonds. The summed E-state index contributed by atoms with van der Waals surface area (Å²) in [6.07, 6.45) is 0. The van der Waals surface area contributed by atoms with E-state index < -0.39 is 5.97 Å². The molecule has 0 atom stereocenters. The van der Waals surface area contributed by atoms with Gasteiger partial charge in [-0.05, 0) is 48.9 Å². The number of benzene rings is 2. The molecule has 0 radical (unpaired) electrons. The molecule has 0 fully saturated rings. The Morgan fingerprint density at radius 1 is 0.913 bits per heavy atom. The first-order valence-corrected chi connectivity index (χ1v) is 7.02. The van der Waals surface area contributed by atoms with Crippen molar-refractivity contribution in [2.24, 2.45) is 0 Å². The summed E-state index contributed by atoms with van der Waals surface area (Å²) in [4.78, 5) is 24.2. The number of carbonyl (C=O) groups is 2. The standard InChI is InChI=1S/C18H18O5/c1-11-9-15(22-4)17(16(10-11)23-12(2)19)18(20)13-5-7-14(21-3)8-6-13/h5-10H,1-4H3. The van der Waals surface area contributed by atoms with Gasteiger partial charge in [0, 0.05) is 12.5 Å². The van der Waals surface area contributed by atoms with Crippen LogP contribution in [0.4, 0.5) is 0 Å². The van der Waals surface area contributed by atoms with E-state index in [1.807, 2.05) is 6.92 Å². The smallest absolute Gasteiger partial charge is 0.308 e. The molecule has 0 aliphatic heterocycles. The summed E-state index contributed by atoms with van der Waals surface area (Å²) in [6.45, 7) is 3.12. The number of ketones is 1. The SMILES string of the molecule is COc1ccc(C(=O)c2c(OC)cc(C)cc2OC(C)=O)cc1. The molecular formula is C18H18O5. The van der Waals surface area contributed by atoms with Gasteiger partial charge >= 0.3 is 5.97 Å². The molecule has 0 heterocycles. The summed E-state index contributed by atoms with van der Waals surface area (Å²) >= 11 is 0. The number of hydrogen-bond acceptors (Lipinski definition) is 5. The van der Waals surface area contributed by atoms with Crippen LogP contribution in [-0.2, 0) is 4.79 Å². The first kappa shape index (κ1) is 16.5. The molecule has 120 valence electrons. The summed E-state index contributed by atoms with van der Waals surface area (Å²) in [5.74, 6) is 0.414. The zero-order valence-electron chi connectivity index (χ0n) is 13.5. The lowest BCUT2D eigenvalue weighted by Gasteiger charge is -2.14. The fraction of sp³-hybridized carbons (Fsp3) is 0.222. The van der Waals surface area contributed by atoms with Gasteiger partial charge in [-0.25, -0.2) is 0 Å². The maximum Gasteiger partial charge on any atom is 0.308 e. The molecule has 2 aromatic carbocycles. The van der Waals surface area contributed by atoms with Crippen LogP contribution in [0.15, 0.2) is 36.4 Å². The molecule has 5 nitrogen and oxygen atoms in total. The monoisotopic (exact) mass is 314 g/mol. The fourth-order valence-electron chi connectivity index (χ4n) is 2.23. The van der Waals surface area contributed by atoms with Crippen molar-refractivity contribution in [2.75, 3.05) is 14.2 Å². The number of esters is 1. The molecule has 2 aromatic rings. The maximum absolute atomic E-state index is 12.8. The van der Waals surface area contributed by atoms with Gasteiger partial charge in [0.2, 0.25) is 5.78 Å². The summed E-state index contributed by atoms with van der Waals surface area (Å²) in [6, 6.07) is 10.1. The molecule has 2 rings (SSSR count). The number of ether oxygens (including phenoxy) is 3. The van der Waals surface area contributed by atoms with Crippen LogP contribution >= 0.6 is 0 Å². The normalized spacial score (nSPS) is 10.1. The summed E-state index contributed by atoms with van der Waals surface area (Å²) in [5.41, 5.74) is 1.49. The zero-order chi connectivity index (χ0) is 17.0. The Morgan fingerprint density at radius 2 is 1.52 bits per heavy atom. The second-order valence-electron chi connectivity index (χ2n) is 4.99. The number of methoxy groups -OCH3 is 2. The summed E-state index contributed by atoms with van der Waals surface area (Å²) < 4.78 is 15.6. The van der Waals surface area contributed by atoms with Crippen LogP contribution in [0, 0.1) is 6.92 Å². The average Bonchev–Trinajstić information content (AvgIpc) is 2.53. The Morgan fingerprint density at radius 3 is 2.04 bits per heavy atom. The van der Waals surface area contributed by atoms with Crippen molar-refractivity contribution in [2.45, 2.75) is 13.8 Å². The molecule has 0 saturated heterocycles. The fourth-order valence-corrected chi connectivity index (χ4v) is 2.23. The van der Waals surface area contributed by atoms with Crippen LogP contribution in [0.1, 0.15) is 28.4 Å². The van der Waals surface area contributed by atoms with Crippen LogP contribution in [0.5, 0.6) is 17.2 Å². The molecule has 0 aliphatic carbocycles. The van der Waals surface area contributed by atoms with E-state index >= 15 is 0 Å². The molecular weight excluding hydrogens is 296 g/mol. The minimum Gasteiger partial charge on any atom is -0.497 e. The van der Waals surface area contributed by atoms with Gasteiger partial charge in [-0.1, -0.05) is 0 Å². The Bertz CT molecular complexity index is 732. The molecule has 0 saturated carbocycles. The Labute approximate surface area is 134 Å². The van der Waals surface area contributed by atoms with Gasteiger partial charge in [0.05, 0.1) is 14.2 Å². The van der Waals surface area contributed by atoms with E-state index in [4.69, 9.17) is 14.2 Å². The number of hydrogen-bond donors (Lipinski definition) is 0. The lowest BCUT2D eigenvalue weighted by Crippen LogP contribution is -2.11. The number of rotatable bonds is 5. The van der Waals surface area contributed by atoms with E-state index in [1.165, 1.54) is 14.0 Å². The van der Waals surface area contributed by atoms with Gasteiger partial charge in [-0.3, -0.25) is 9.59 Å². The third-order valence-corrected chi connectivity index (χ3v) is 3.26. The van der Waals surface area contributed by atoms with Gasteiger partial charge in [-0.15, -0.1) is 0 Å². The van der Waals surface area contributed by atoms with E-state index in [-0.39, 0.29) is 17.1 Å². The van der Waals surface area contributed by atoms with Crippen molar-refractivity contribution in [1.82, 2.24) is 0 Å². The molecule has 0 N–H and O–H groups in total. The highest BCUT2D eigenvalue weighted by Crippen LogP contribution is 2.33. The van der Waals surface area contributed by atoms with Crippen molar-refractivity contribution in [1.29, 1.82) is 0 Å². The van der Waals surface area contributed by atoms with Crippen molar-refractivity contribution < 1.29 is 23.8 Å². The highest BCUT2D eigenvalue weighted by molar-refractivity contribution is 6.13. The van der Waals surface area contributed by atoms with E-state index in [9.17, 15) is 9.59 Å². The van der Waals surface area contributed by atoms with E-state index in [1.54, 1.807) is 43.5 Å². The molecule has 5 heteroatoms. The Hall–Kier alpha value is -2.82. The van der Waals surface area contributed by atoms with E-state index in [0.29, 0.717) is 17.1 Å². The molecule has 0 bridgehead atoms. The van der Waals surface area contributed by atoms with E-state index in [0.717, 1.165) is 5.56 Å². The highest BCUT2D eigenvalue weighted by atomic mass is 16.5. The van der Waals surface area contributed by atoms with Crippen LogP contribution in [0.3, 0.4) is 0 Å². The second-order valence-corrected chi connectivity index (χ2v) is 4.99. The predicted molar refractivity (Wildman–Crippen MR) is 85.5 cm³/mol. The second kappa shape index (κ2) is 6.96. The van der Waals surface area contributed by atoms with Crippen LogP contribution in [0.25, 0.3) is 0 Å². The van der Waals surface area contributed by atoms with Crippen LogP contribution in [0.2, 0.25) is 0 Å². The Kier molecular flexibility index (Phi) is 5.01. The first-order chi connectivity index (χ1) is 11.0. The molecule has 0 unspecified atom stereocenters. The molecule has 0 aliphatic rings. The Balaban J connectivity index is 2.54. The predicted octanol–water partition coefficient (Wildman–Crippen LogP) is 3.17. The van der Waals surface area contributed by atoms with Crippen LogP contribution < -0.4 is 14.2 Å². The van der Waals surface area contributed by atoms with Crippen molar-refractivity contribution in [3.63, 3.8) is 0 Å². The molecule has 23 heavy (non-hydrogen) atoms. The van der Waals surface area contributed by atoms with Crippen LogP contribution in [-0.4, -0.2) is 26.0 Å². The van der Waals surface area contributed by atoms with Gasteiger partial charge in [0.15, 0.2) is 0 Å². The highest BCUT2D eigenvalue weighted by Gasteiger charge is 2.22. The average molecular weight is 314 g/mol. The summed E-state index contributed by atoms with van der Waals surface area (Å²) in [5, 5.41) is 0. The lowest BCUT2D eigenvalue weighted by molar-refractivity contribution is -0.131. The third-order valence-electron chi connectivity index (χ3n) is 3.26. The molecule has 0 spiro atoms. The maximum atomic E-state index is 12.8. The topological polar surface area (TPSA) is 61.8 Å². The zero-order valence-corrected chi connectivity index (χ0v) is 13.5. The van der Waals surface area contributed by atoms with Gasteiger partial charge < -0.3 is 14.2 Å². The minimum atomic E-state index is -0.499. The number of aryl methyl sites for hydroxylation is 1. The van der Waals surface area contributed by atoms with Crippen molar-refractivity contribution in [3.05, 3.63) is 53.1 Å². The number of carbonyl (C=O) groups excluding carboxylic acids is 2. The largest absolute Gasteiger partial charge is 0.497 e. The van der Waals surface area contributed by atoms with E-state index in [2.05, 4.69) is 0 Å². The third kappa shape index (κ3) is 3.69. The molecule has 0 aromatic heterocycles. The first-order valence-electron chi connectivity index (χ1n) is 7.02. The van der Waals surface area contributed by atoms with Gasteiger partial charge in [-0.2, -0.15) is 0 Å². The summed E-state index contributed by atoms with van der Waals surface area (Å²) in [7, 11) is 3.02. The minimum absolute atomic E-state index is 0.190. The van der Waals surface area contributed by atoms with Gasteiger partial charge in [0.25, 0.3) is 0 Å². The van der Waals surface area contributed by atoms with Gasteiger partial charge in [0.1, 0.15) is 22.8 Å². The quantitative estimate of drug-likeness (QED) is 0.482.